The van der Waals surface area contributed by atoms with Crippen LogP contribution < -0.4 is 10.5 Å². The van der Waals surface area contributed by atoms with Gasteiger partial charge < -0.3 is 15.2 Å². The van der Waals surface area contributed by atoms with Crippen molar-refractivity contribution in [2.45, 2.75) is 31.5 Å². The minimum atomic E-state index is 0.0283. The molecular formula is C15H22N2O2. The Hall–Kier alpha value is -1.10. The Kier molecular flexibility index (Phi) is 3.73. The number of nitrogens with two attached hydrogens (primary N) is 1. The van der Waals surface area contributed by atoms with Crippen molar-refractivity contribution in [3.63, 3.8) is 0 Å². The van der Waals surface area contributed by atoms with Crippen molar-refractivity contribution in [3.05, 3.63) is 29.8 Å². The van der Waals surface area contributed by atoms with Crippen molar-refractivity contribution in [2.75, 3.05) is 26.3 Å². The fraction of sp³-hybridized carbons (Fsp3) is 0.600. The number of morpholine rings is 1. The highest BCUT2D eigenvalue weighted by atomic mass is 16.5. The second-order valence-electron chi connectivity index (χ2n) is 5.34. The van der Waals surface area contributed by atoms with Gasteiger partial charge >= 0.3 is 0 Å². The van der Waals surface area contributed by atoms with E-state index in [1.165, 1.54) is 0 Å². The number of para-hydroxylation sites is 1. The summed E-state index contributed by atoms with van der Waals surface area (Å²) in [6.07, 6.45) is 1.38. The summed E-state index contributed by atoms with van der Waals surface area (Å²) >= 11 is 0. The minimum Gasteiger partial charge on any atom is -0.492 e. The maximum Gasteiger partial charge on any atom is 0.124 e. The van der Waals surface area contributed by atoms with E-state index in [0.29, 0.717) is 12.7 Å². The molecule has 2 aliphatic rings. The van der Waals surface area contributed by atoms with E-state index in [1.807, 2.05) is 18.2 Å². The first-order chi connectivity index (χ1) is 9.29. The van der Waals surface area contributed by atoms with E-state index in [9.17, 15) is 0 Å². The Labute approximate surface area is 114 Å². The maximum absolute atomic E-state index is 6.45. The fourth-order valence-electron chi connectivity index (χ4n) is 3.00. The lowest BCUT2D eigenvalue weighted by Gasteiger charge is -2.42. The average Bonchev–Trinajstić information content (AvgIpc) is 2.48. The summed E-state index contributed by atoms with van der Waals surface area (Å²) in [6, 6.07) is 8.38. The molecule has 1 aromatic carbocycles. The Morgan fingerprint density at radius 3 is 3.05 bits per heavy atom. The summed E-state index contributed by atoms with van der Waals surface area (Å²) in [4.78, 5) is 2.43. The van der Waals surface area contributed by atoms with Crippen LogP contribution in [0.1, 0.15) is 24.9 Å². The third kappa shape index (κ3) is 2.48. The molecule has 1 fully saturated rings. The van der Waals surface area contributed by atoms with Crippen molar-refractivity contribution in [2.24, 2.45) is 5.73 Å². The molecule has 4 nitrogen and oxygen atoms in total. The van der Waals surface area contributed by atoms with Gasteiger partial charge in [-0.05, 0) is 12.5 Å². The first-order valence-electron chi connectivity index (χ1n) is 7.12. The molecule has 1 saturated heterocycles. The molecule has 0 spiro atoms. The first kappa shape index (κ1) is 12.9. The Balaban J connectivity index is 1.76. The van der Waals surface area contributed by atoms with Gasteiger partial charge in [0.2, 0.25) is 0 Å². The van der Waals surface area contributed by atoms with Crippen LogP contribution in [0.3, 0.4) is 0 Å². The normalized spacial score (nSPS) is 31.6. The minimum absolute atomic E-state index is 0.0283. The van der Waals surface area contributed by atoms with E-state index in [2.05, 4.69) is 17.9 Å². The molecule has 3 unspecified atom stereocenters. The van der Waals surface area contributed by atoms with E-state index in [0.717, 1.165) is 37.4 Å². The van der Waals surface area contributed by atoms with Crippen LogP contribution in [0.25, 0.3) is 0 Å². The van der Waals surface area contributed by atoms with Gasteiger partial charge in [0, 0.05) is 18.7 Å². The molecule has 0 saturated carbocycles. The molecule has 19 heavy (non-hydrogen) atoms. The molecule has 0 amide bonds. The molecule has 0 aromatic heterocycles. The zero-order valence-corrected chi connectivity index (χ0v) is 11.4. The predicted molar refractivity (Wildman–Crippen MR) is 74.3 cm³/mol. The van der Waals surface area contributed by atoms with Gasteiger partial charge in [-0.25, -0.2) is 0 Å². The second-order valence-corrected chi connectivity index (χ2v) is 5.34. The fourth-order valence-corrected chi connectivity index (χ4v) is 3.00. The summed E-state index contributed by atoms with van der Waals surface area (Å²) in [7, 11) is 0. The average molecular weight is 262 g/mol. The van der Waals surface area contributed by atoms with Crippen molar-refractivity contribution >= 4 is 0 Å². The highest BCUT2D eigenvalue weighted by molar-refractivity contribution is 5.38. The van der Waals surface area contributed by atoms with Gasteiger partial charge in [0.05, 0.1) is 24.8 Å². The molecule has 0 bridgehead atoms. The largest absolute Gasteiger partial charge is 0.492 e. The van der Waals surface area contributed by atoms with E-state index >= 15 is 0 Å². The van der Waals surface area contributed by atoms with Crippen LogP contribution in [0.4, 0.5) is 0 Å². The lowest BCUT2D eigenvalue weighted by molar-refractivity contribution is -0.0568. The second kappa shape index (κ2) is 5.49. The van der Waals surface area contributed by atoms with Gasteiger partial charge in [0.1, 0.15) is 12.4 Å². The van der Waals surface area contributed by atoms with Crippen LogP contribution >= 0.6 is 0 Å². The summed E-state index contributed by atoms with van der Waals surface area (Å²) < 4.78 is 11.6. The van der Waals surface area contributed by atoms with Crippen LogP contribution in [0, 0.1) is 0 Å². The molecule has 104 valence electrons. The number of ether oxygens (including phenoxy) is 2. The Morgan fingerprint density at radius 2 is 2.21 bits per heavy atom. The van der Waals surface area contributed by atoms with Crippen LogP contribution in [0.5, 0.6) is 5.75 Å². The quantitative estimate of drug-likeness (QED) is 0.878. The van der Waals surface area contributed by atoms with Crippen LogP contribution in [-0.4, -0.2) is 43.3 Å². The molecule has 3 atom stereocenters. The van der Waals surface area contributed by atoms with Crippen molar-refractivity contribution in [1.82, 2.24) is 4.90 Å². The standard InChI is InChI=1S/C15H22N2O2/c1-2-11-9-17(7-8-18-11)13-10-19-14-6-4-3-5-12(14)15(13)16/h3-6,11,13,15H,2,7-10,16H2,1H3. The Bertz CT molecular complexity index is 438. The number of fused-ring (bicyclic) bond motifs is 1. The molecule has 2 N–H and O–H groups in total. The predicted octanol–water partition coefficient (Wildman–Crippen LogP) is 1.56. The number of hydrogen-bond donors (Lipinski definition) is 1. The van der Waals surface area contributed by atoms with Crippen LogP contribution in [0.15, 0.2) is 24.3 Å². The molecule has 4 heteroatoms. The van der Waals surface area contributed by atoms with Crippen LogP contribution in [0.2, 0.25) is 0 Å². The number of benzene rings is 1. The van der Waals surface area contributed by atoms with Crippen LogP contribution in [-0.2, 0) is 4.74 Å². The van der Waals surface area contributed by atoms with Crippen molar-refractivity contribution < 1.29 is 9.47 Å². The van der Waals surface area contributed by atoms with E-state index in [1.54, 1.807) is 0 Å². The number of hydrogen-bond acceptors (Lipinski definition) is 4. The summed E-state index contributed by atoms with van der Waals surface area (Å²) in [6.45, 7) is 5.54. The molecule has 1 aromatic rings. The highest BCUT2D eigenvalue weighted by Gasteiger charge is 2.34. The lowest BCUT2D eigenvalue weighted by atomic mass is 9.95. The molecular weight excluding hydrogens is 240 g/mol. The third-order valence-electron chi connectivity index (χ3n) is 4.20. The summed E-state index contributed by atoms with van der Waals surface area (Å²) in [5, 5.41) is 0. The van der Waals surface area contributed by atoms with E-state index in [4.69, 9.17) is 15.2 Å². The van der Waals surface area contributed by atoms with Crippen molar-refractivity contribution in [3.8, 4) is 5.75 Å². The monoisotopic (exact) mass is 262 g/mol. The molecule has 0 aliphatic carbocycles. The lowest BCUT2D eigenvalue weighted by Crippen LogP contribution is -2.54. The van der Waals surface area contributed by atoms with Gasteiger partial charge in [-0.2, -0.15) is 0 Å². The number of rotatable bonds is 2. The van der Waals surface area contributed by atoms with Gasteiger partial charge in [-0.15, -0.1) is 0 Å². The first-order valence-corrected chi connectivity index (χ1v) is 7.12. The van der Waals surface area contributed by atoms with E-state index in [-0.39, 0.29) is 12.1 Å². The zero-order valence-electron chi connectivity index (χ0n) is 11.4. The third-order valence-corrected chi connectivity index (χ3v) is 4.20. The van der Waals surface area contributed by atoms with Gasteiger partial charge in [0.15, 0.2) is 0 Å². The molecule has 2 heterocycles. The Morgan fingerprint density at radius 1 is 1.37 bits per heavy atom. The molecule has 0 radical (unpaired) electrons. The maximum atomic E-state index is 6.45. The SMILES string of the molecule is CCC1CN(C2COc3ccccc3C2N)CCO1. The summed E-state index contributed by atoms with van der Waals surface area (Å²) in [5.74, 6) is 0.937. The zero-order chi connectivity index (χ0) is 13.2. The number of nitrogens with zero attached hydrogens (tertiary/aromatic N) is 1. The highest BCUT2D eigenvalue weighted by Crippen LogP contribution is 2.33. The molecule has 2 aliphatic heterocycles. The van der Waals surface area contributed by atoms with Gasteiger partial charge in [-0.3, -0.25) is 4.90 Å². The van der Waals surface area contributed by atoms with Gasteiger partial charge in [-0.1, -0.05) is 25.1 Å². The summed E-state index contributed by atoms with van der Waals surface area (Å²) in [5.41, 5.74) is 7.57. The topological polar surface area (TPSA) is 47.7 Å². The van der Waals surface area contributed by atoms with Gasteiger partial charge in [0.25, 0.3) is 0 Å². The van der Waals surface area contributed by atoms with E-state index < -0.39 is 0 Å². The smallest absolute Gasteiger partial charge is 0.124 e. The van der Waals surface area contributed by atoms with Crippen molar-refractivity contribution in [1.29, 1.82) is 0 Å². The molecule has 3 rings (SSSR count).